The van der Waals surface area contributed by atoms with Crippen molar-refractivity contribution in [1.29, 1.82) is 0 Å². The van der Waals surface area contributed by atoms with Gasteiger partial charge >= 0.3 is 21.7 Å². The summed E-state index contributed by atoms with van der Waals surface area (Å²) < 4.78 is 102. The van der Waals surface area contributed by atoms with Crippen molar-refractivity contribution < 1.29 is 90.7 Å². The number of hydrogen-bond acceptors (Lipinski definition) is 12. The largest absolute Gasteiger partial charge is 4.00 e. The molecule has 8 N–H and O–H groups in total. The Morgan fingerprint density at radius 1 is 0.474 bits per heavy atom. The molecule has 0 aliphatic carbocycles. The first-order valence-corrected chi connectivity index (χ1v) is 6.00. The molecule has 0 bridgehead atoms. The molecule has 0 aromatic heterocycles. The third kappa shape index (κ3) is 115000. The van der Waals surface area contributed by atoms with E-state index in [2.05, 4.69) is 0 Å². The van der Waals surface area contributed by atoms with E-state index in [1.54, 1.807) is 0 Å². The number of hydrogen-bond donors (Lipinski definition) is 0. The second-order valence-electron chi connectivity index (χ2n) is 1.22. The van der Waals surface area contributed by atoms with Gasteiger partial charge in [-0.15, -0.1) is 0 Å². The Hall–Kier alpha value is 0.204. The minimum absolute atomic E-state index is 0. The van der Waals surface area contributed by atoms with Gasteiger partial charge in [-0.3, -0.25) is 25.3 Å². The van der Waals surface area contributed by atoms with Crippen LogP contribution in [0.2, 0.25) is 0 Å². The van der Waals surface area contributed by atoms with E-state index in [0.717, 1.165) is 0 Å². The first kappa shape index (κ1) is 42.7. The third-order valence-corrected chi connectivity index (χ3v) is 0. The van der Waals surface area contributed by atoms with E-state index in [1.165, 1.54) is 0 Å². The van der Waals surface area contributed by atoms with Crippen molar-refractivity contribution in [3.63, 3.8) is 0 Å². The van der Waals surface area contributed by atoms with Crippen LogP contribution in [0, 0.1) is 0 Å². The van der Waals surface area contributed by atoms with Crippen molar-refractivity contribution in [2.75, 3.05) is 0 Å². The summed E-state index contributed by atoms with van der Waals surface area (Å²) in [4.78, 5) is 0. The van der Waals surface area contributed by atoms with Crippen LogP contribution in [0.3, 0.4) is 0 Å². The average Bonchev–Trinajstić information content (AvgIpc) is 1.41. The predicted molar refractivity (Wildman–Crippen MR) is 44.9 cm³/mol. The summed E-state index contributed by atoms with van der Waals surface area (Å²) in [6.45, 7) is 0. The van der Waals surface area contributed by atoms with Crippen molar-refractivity contribution in [2.45, 2.75) is 0 Å². The molecule has 0 fully saturated rings. The van der Waals surface area contributed by atoms with E-state index < -0.39 is 31.2 Å². The van der Waals surface area contributed by atoms with Crippen LogP contribution in [0.25, 0.3) is 0 Å². The molecule has 0 rings (SSSR count). The van der Waals surface area contributed by atoms with Crippen LogP contribution >= 0.6 is 0 Å². The van der Waals surface area contributed by atoms with E-state index in [0.29, 0.717) is 0 Å². The molecular formula is H8O15S3Ti. The first-order chi connectivity index (χ1) is 6.00. The monoisotopic (exact) mass is 392 g/mol. The second kappa shape index (κ2) is 16.3. The zero-order chi connectivity index (χ0) is 13.5. The molecule has 120 valence electrons. The topological polar surface area (TPSA) is 338 Å². The summed E-state index contributed by atoms with van der Waals surface area (Å²) in [7, 11) is -15.5. The van der Waals surface area contributed by atoms with Crippen LogP contribution in [0.5, 0.6) is 0 Å². The van der Waals surface area contributed by atoms with E-state index in [9.17, 15) is 0 Å². The fourth-order valence-corrected chi connectivity index (χ4v) is 0. The molecule has 15 nitrogen and oxygen atoms in total. The Morgan fingerprint density at radius 2 is 0.474 bits per heavy atom. The Kier molecular flexibility index (Phi) is 36.6. The van der Waals surface area contributed by atoms with Crippen LogP contribution in [-0.2, 0) is 58.4 Å². The maximum atomic E-state index is 8.52. The van der Waals surface area contributed by atoms with Crippen molar-refractivity contribution in [3.05, 3.63) is 0 Å². The molecule has 0 aliphatic heterocycles. The molecule has 0 aliphatic rings. The number of rotatable bonds is 0. The second-order valence-corrected chi connectivity index (χ2v) is 3.67. The van der Waals surface area contributed by atoms with E-state index in [1.807, 2.05) is 0 Å². The SMILES string of the molecule is O.O.O=S(=O)([O-])[O-].O=S(=O)([O-])[O-].O=S(=O)([O-])[O-].[OH4+2].[Ti+4]. The fourth-order valence-electron chi connectivity index (χ4n) is 0. The molecule has 0 saturated heterocycles. The van der Waals surface area contributed by atoms with Crippen molar-refractivity contribution >= 4 is 31.2 Å². The van der Waals surface area contributed by atoms with Crippen molar-refractivity contribution in [1.82, 2.24) is 0 Å². The van der Waals surface area contributed by atoms with Gasteiger partial charge in [-0.25, -0.2) is 0 Å². The normalized spacial score (nSPS) is 9.16. The standard InChI is InChI=1S/3H2O4S.H4O.2H2O.Ti/c3*1-5(2,3)4;;;;/h3*(H2,1,2,3,4);1H4;2*1H2;/q;;;+2;;;+4/p-6. The molecule has 0 unspecified atom stereocenters. The van der Waals surface area contributed by atoms with Gasteiger partial charge in [-0.1, -0.05) is 0 Å². The van der Waals surface area contributed by atoms with Crippen LogP contribution in [-0.4, -0.2) is 63.5 Å². The molecule has 19 heavy (non-hydrogen) atoms. The van der Waals surface area contributed by atoms with Crippen LogP contribution in [0.4, 0.5) is 0 Å². The van der Waals surface area contributed by atoms with E-state index in [-0.39, 0.29) is 38.1 Å². The smallest absolute Gasteiger partial charge is 0.873 e. The maximum absolute atomic E-state index is 8.52. The zero-order valence-corrected chi connectivity index (χ0v) is 12.3. The minimum atomic E-state index is -5.17. The Labute approximate surface area is 122 Å². The molecule has 0 heterocycles. The molecule has 19 heteroatoms. The van der Waals surface area contributed by atoms with Crippen molar-refractivity contribution in [3.8, 4) is 0 Å². The minimum Gasteiger partial charge on any atom is -0.873 e. The molecule has 0 radical (unpaired) electrons. The molecule has 0 aromatic carbocycles. The van der Waals surface area contributed by atoms with Gasteiger partial charge < -0.3 is 43.7 Å². The van der Waals surface area contributed by atoms with E-state index >= 15 is 0 Å². The summed E-state index contributed by atoms with van der Waals surface area (Å²) in [5.74, 6) is 0. The quantitative estimate of drug-likeness (QED) is 0.211. The van der Waals surface area contributed by atoms with Gasteiger partial charge in [0.2, 0.25) is 0 Å². The molecular weight excluding hydrogens is 384 g/mol. The summed E-state index contributed by atoms with van der Waals surface area (Å²) >= 11 is 0. The third-order valence-electron chi connectivity index (χ3n) is 0. The maximum Gasteiger partial charge on any atom is 4.00 e. The zero-order valence-electron chi connectivity index (χ0n) is 8.33. The Morgan fingerprint density at radius 3 is 0.474 bits per heavy atom. The first-order valence-electron chi connectivity index (χ1n) is 2.00. The van der Waals surface area contributed by atoms with Gasteiger partial charge in [-0.2, -0.15) is 0 Å². The van der Waals surface area contributed by atoms with Gasteiger partial charge in [0, 0.05) is 31.2 Å². The van der Waals surface area contributed by atoms with Gasteiger partial charge in [0.1, 0.15) is 0 Å². The van der Waals surface area contributed by atoms with E-state index in [4.69, 9.17) is 52.6 Å². The van der Waals surface area contributed by atoms with Crippen LogP contribution < -0.4 is 0 Å². The summed E-state index contributed by atoms with van der Waals surface area (Å²) in [5, 5.41) is 0. The molecule has 0 atom stereocenters. The van der Waals surface area contributed by atoms with Crippen molar-refractivity contribution in [2.24, 2.45) is 0 Å². The van der Waals surface area contributed by atoms with Gasteiger partial charge in [0.15, 0.2) is 0 Å². The van der Waals surface area contributed by atoms with Gasteiger partial charge in [0.05, 0.1) is 0 Å². The van der Waals surface area contributed by atoms with Gasteiger partial charge in [0.25, 0.3) is 0 Å². The van der Waals surface area contributed by atoms with Crippen LogP contribution in [0.1, 0.15) is 0 Å². The summed E-state index contributed by atoms with van der Waals surface area (Å²) in [6, 6.07) is 0. The Balaban J connectivity index is -0.0000000206. The predicted octanol–water partition coefficient (Wildman–Crippen LogP) is -6.86. The summed E-state index contributed by atoms with van der Waals surface area (Å²) in [5.41, 5.74) is 0. The molecule has 0 aromatic rings. The fraction of sp³-hybridized carbons (Fsp3) is 0. The summed E-state index contributed by atoms with van der Waals surface area (Å²) in [6.07, 6.45) is 0. The molecule has 0 saturated carbocycles. The average molecular weight is 392 g/mol. The Bertz CT molecular complexity index is 338. The van der Waals surface area contributed by atoms with Crippen LogP contribution in [0.15, 0.2) is 0 Å². The van der Waals surface area contributed by atoms with Gasteiger partial charge in [-0.05, 0) is 0 Å². The molecule has 0 spiro atoms. The molecule has 0 amide bonds.